The molecule has 0 bridgehead atoms. The zero-order valence-corrected chi connectivity index (χ0v) is 9.93. The van der Waals surface area contributed by atoms with Crippen molar-refractivity contribution in [3.05, 3.63) is 35.4 Å². The van der Waals surface area contributed by atoms with Crippen molar-refractivity contribution < 1.29 is 13.6 Å². The molecule has 1 nitrogen and oxygen atoms in total. The average Bonchev–Trinajstić information content (AvgIpc) is 2.29. The first-order valence-electron chi connectivity index (χ1n) is 6.03. The molecule has 0 aromatic heterocycles. The number of halogens is 2. The van der Waals surface area contributed by atoms with Crippen LogP contribution in [0.25, 0.3) is 0 Å². The highest BCUT2D eigenvalue weighted by molar-refractivity contribution is 6.00. The van der Waals surface area contributed by atoms with Crippen molar-refractivity contribution in [1.29, 1.82) is 0 Å². The Hall–Kier alpha value is -1.25. The van der Waals surface area contributed by atoms with Crippen LogP contribution in [0.1, 0.15) is 49.4 Å². The van der Waals surface area contributed by atoms with Crippen LogP contribution < -0.4 is 0 Å². The second-order valence-electron chi connectivity index (χ2n) is 5.05. The summed E-state index contributed by atoms with van der Waals surface area (Å²) < 4.78 is 27.1. The molecule has 3 heteroatoms. The summed E-state index contributed by atoms with van der Waals surface area (Å²) in [6, 6.07) is 3.57. The van der Waals surface area contributed by atoms with E-state index in [4.69, 9.17) is 0 Å². The van der Waals surface area contributed by atoms with Crippen LogP contribution in [0.4, 0.5) is 8.78 Å². The normalized spacial score (nSPS) is 19.0. The minimum atomic E-state index is -0.748. The van der Waals surface area contributed by atoms with Crippen molar-refractivity contribution in [1.82, 2.24) is 0 Å². The fraction of sp³-hybridized carbons (Fsp3) is 0.500. The van der Waals surface area contributed by atoms with Gasteiger partial charge in [0.2, 0.25) is 0 Å². The fourth-order valence-corrected chi connectivity index (χ4v) is 2.58. The first-order chi connectivity index (χ1) is 8.04. The number of rotatable bonds is 2. The van der Waals surface area contributed by atoms with Crippen molar-refractivity contribution in [2.24, 2.45) is 5.41 Å². The molecule has 0 aliphatic heterocycles. The molecule has 0 unspecified atom stereocenters. The molecule has 0 saturated heterocycles. The van der Waals surface area contributed by atoms with E-state index in [0.29, 0.717) is 0 Å². The second kappa shape index (κ2) is 4.55. The van der Waals surface area contributed by atoms with Crippen LogP contribution in [-0.4, -0.2) is 5.78 Å². The molecule has 1 aliphatic carbocycles. The average molecular weight is 238 g/mol. The number of ketones is 1. The molecule has 0 radical (unpaired) electrons. The van der Waals surface area contributed by atoms with Gasteiger partial charge in [-0.05, 0) is 25.0 Å². The number of carbonyl (C=O) groups excluding carboxylic acids is 1. The Labute approximate surface area is 99.8 Å². The molecule has 0 N–H and O–H groups in total. The van der Waals surface area contributed by atoms with Crippen LogP contribution in [0.3, 0.4) is 0 Å². The number of carbonyl (C=O) groups is 1. The smallest absolute Gasteiger partial charge is 0.174 e. The van der Waals surface area contributed by atoms with Crippen LogP contribution in [0, 0.1) is 17.0 Å². The Kier molecular flexibility index (Phi) is 3.27. The van der Waals surface area contributed by atoms with Gasteiger partial charge < -0.3 is 0 Å². The highest BCUT2D eigenvalue weighted by Crippen LogP contribution is 2.39. The Morgan fingerprint density at radius 3 is 2.18 bits per heavy atom. The van der Waals surface area contributed by atoms with Crippen molar-refractivity contribution in [2.45, 2.75) is 39.0 Å². The van der Waals surface area contributed by atoms with E-state index in [0.717, 1.165) is 44.2 Å². The number of hydrogen-bond acceptors (Lipinski definition) is 1. The Morgan fingerprint density at radius 1 is 1.12 bits per heavy atom. The minimum absolute atomic E-state index is 0.364. The lowest BCUT2D eigenvalue weighted by atomic mass is 9.71. The summed E-state index contributed by atoms with van der Waals surface area (Å²) in [6.45, 7) is 1.82. The largest absolute Gasteiger partial charge is 0.293 e. The summed E-state index contributed by atoms with van der Waals surface area (Å²) in [6.07, 6.45) is 4.46. The molecule has 92 valence electrons. The molecule has 1 aromatic carbocycles. The first-order valence-corrected chi connectivity index (χ1v) is 6.03. The summed E-state index contributed by atoms with van der Waals surface area (Å²) in [5.41, 5.74) is -0.960. The van der Waals surface area contributed by atoms with Crippen molar-refractivity contribution >= 4 is 5.78 Å². The third-order valence-electron chi connectivity index (χ3n) is 3.70. The molecule has 1 saturated carbocycles. The third kappa shape index (κ3) is 2.24. The predicted octanol–water partition coefficient (Wildman–Crippen LogP) is 4.12. The Morgan fingerprint density at radius 2 is 1.65 bits per heavy atom. The van der Waals surface area contributed by atoms with Gasteiger partial charge in [0.1, 0.15) is 11.6 Å². The molecule has 17 heavy (non-hydrogen) atoms. The van der Waals surface area contributed by atoms with E-state index in [2.05, 4.69) is 0 Å². The van der Waals surface area contributed by atoms with Crippen molar-refractivity contribution in [3.8, 4) is 0 Å². The first kappa shape index (κ1) is 12.2. The maximum Gasteiger partial charge on any atom is 0.174 e. The fourth-order valence-electron chi connectivity index (χ4n) is 2.58. The number of hydrogen-bond donors (Lipinski definition) is 0. The zero-order chi connectivity index (χ0) is 12.5. The predicted molar refractivity (Wildman–Crippen MR) is 61.9 cm³/mol. The molecule has 1 aliphatic rings. The van der Waals surface area contributed by atoms with Gasteiger partial charge in [-0.15, -0.1) is 0 Å². The van der Waals surface area contributed by atoms with E-state index in [1.165, 1.54) is 6.07 Å². The van der Waals surface area contributed by atoms with Gasteiger partial charge in [0.05, 0.1) is 5.56 Å². The topological polar surface area (TPSA) is 17.1 Å². The lowest BCUT2D eigenvalue weighted by Gasteiger charge is -2.32. The maximum absolute atomic E-state index is 13.6. The molecule has 0 atom stereocenters. The summed E-state index contributed by atoms with van der Waals surface area (Å²) in [7, 11) is 0. The SMILES string of the molecule is CC1(C(=O)c2c(F)cccc2F)CCCCC1. The van der Waals surface area contributed by atoms with Crippen LogP contribution in [0.2, 0.25) is 0 Å². The van der Waals surface area contributed by atoms with Gasteiger partial charge in [-0.25, -0.2) is 8.78 Å². The minimum Gasteiger partial charge on any atom is -0.293 e. The lowest BCUT2D eigenvalue weighted by Crippen LogP contribution is -2.31. The van der Waals surface area contributed by atoms with Crippen LogP contribution >= 0.6 is 0 Å². The molecule has 0 amide bonds. The van der Waals surface area contributed by atoms with Gasteiger partial charge in [-0.1, -0.05) is 32.3 Å². The van der Waals surface area contributed by atoms with E-state index < -0.39 is 17.0 Å². The third-order valence-corrected chi connectivity index (χ3v) is 3.70. The summed E-state index contributed by atoms with van der Waals surface area (Å²) >= 11 is 0. The van der Waals surface area contributed by atoms with Crippen LogP contribution in [0.15, 0.2) is 18.2 Å². The van der Waals surface area contributed by atoms with Gasteiger partial charge in [0, 0.05) is 5.41 Å². The van der Waals surface area contributed by atoms with E-state index in [-0.39, 0.29) is 11.3 Å². The highest BCUT2D eigenvalue weighted by atomic mass is 19.1. The maximum atomic E-state index is 13.6. The Balaban J connectivity index is 2.36. The lowest BCUT2D eigenvalue weighted by molar-refractivity contribution is 0.0740. The van der Waals surface area contributed by atoms with E-state index in [1.54, 1.807) is 0 Å². The van der Waals surface area contributed by atoms with Gasteiger partial charge in [0.25, 0.3) is 0 Å². The second-order valence-corrected chi connectivity index (χ2v) is 5.05. The van der Waals surface area contributed by atoms with Crippen molar-refractivity contribution in [3.63, 3.8) is 0 Å². The van der Waals surface area contributed by atoms with Crippen LogP contribution in [0.5, 0.6) is 0 Å². The highest BCUT2D eigenvalue weighted by Gasteiger charge is 2.37. The summed E-state index contributed by atoms with van der Waals surface area (Å²) in [5, 5.41) is 0. The molecule has 2 rings (SSSR count). The van der Waals surface area contributed by atoms with E-state index in [1.807, 2.05) is 6.92 Å². The molecule has 1 fully saturated rings. The van der Waals surface area contributed by atoms with Gasteiger partial charge in [-0.2, -0.15) is 0 Å². The molecule has 0 heterocycles. The quantitative estimate of drug-likeness (QED) is 0.708. The Bertz CT molecular complexity index is 414. The van der Waals surface area contributed by atoms with Crippen molar-refractivity contribution in [2.75, 3.05) is 0 Å². The zero-order valence-electron chi connectivity index (χ0n) is 9.93. The van der Waals surface area contributed by atoms with Gasteiger partial charge in [-0.3, -0.25) is 4.79 Å². The monoisotopic (exact) mass is 238 g/mol. The molecule has 1 aromatic rings. The summed E-state index contributed by atoms with van der Waals surface area (Å²) in [5.74, 6) is -1.88. The standard InChI is InChI=1S/C14H16F2O/c1-14(8-3-2-4-9-14)13(17)12-10(15)6-5-7-11(12)16/h5-7H,2-4,8-9H2,1H3. The van der Waals surface area contributed by atoms with Crippen LogP contribution in [-0.2, 0) is 0 Å². The van der Waals surface area contributed by atoms with Gasteiger partial charge in [0.15, 0.2) is 5.78 Å². The van der Waals surface area contributed by atoms with E-state index >= 15 is 0 Å². The summed E-state index contributed by atoms with van der Waals surface area (Å²) in [4.78, 5) is 12.3. The molecular weight excluding hydrogens is 222 g/mol. The van der Waals surface area contributed by atoms with E-state index in [9.17, 15) is 13.6 Å². The van der Waals surface area contributed by atoms with Gasteiger partial charge >= 0.3 is 0 Å². The molecular formula is C14H16F2O. The molecule has 0 spiro atoms. The number of benzene rings is 1. The number of Topliss-reactive ketones (excluding diaryl/α,β-unsaturated/α-hetero) is 1.